The van der Waals surface area contributed by atoms with Gasteiger partial charge in [-0.2, -0.15) is 13.2 Å². The second-order valence-electron chi connectivity index (χ2n) is 3.72. The number of carbonyl (C=O) groups excluding carboxylic acids is 1. The Balaban J connectivity index is 3.79. The number of hydrogen-bond donors (Lipinski definition) is 0. The summed E-state index contributed by atoms with van der Waals surface area (Å²) in [7, 11) is 0. The average Bonchev–Trinajstić information content (AvgIpc) is 1.92. The number of ether oxygens (including phenoxy) is 2. The molecule has 0 aliphatic carbocycles. The van der Waals surface area contributed by atoms with Gasteiger partial charge in [0.25, 0.3) is 0 Å². The van der Waals surface area contributed by atoms with E-state index >= 15 is 0 Å². The summed E-state index contributed by atoms with van der Waals surface area (Å²) in [5.74, 6) is 0. The first kappa shape index (κ1) is 13.8. The Kier molecular flexibility index (Phi) is 4.64. The van der Waals surface area contributed by atoms with E-state index in [-0.39, 0.29) is 6.08 Å². The number of allylic oxidation sites excluding steroid dienone is 1. The Morgan fingerprint density at radius 1 is 1.27 bits per heavy atom. The predicted molar refractivity (Wildman–Crippen MR) is 47.4 cm³/mol. The van der Waals surface area contributed by atoms with Crippen molar-refractivity contribution in [1.82, 2.24) is 0 Å². The molecule has 0 aromatic rings. The highest BCUT2D eigenvalue weighted by Gasteiger charge is 2.22. The first-order valence-electron chi connectivity index (χ1n) is 4.20. The summed E-state index contributed by atoms with van der Waals surface area (Å²) in [5.41, 5.74) is -0.717. The van der Waals surface area contributed by atoms with Crippen LogP contribution in [0.3, 0.4) is 0 Å². The fraction of sp³-hybridized carbons (Fsp3) is 0.667. The van der Waals surface area contributed by atoms with E-state index in [2.05, 4.69) is 4.74 Å². The molecule has 0 fully saturated rings. The molecule has 0 N–H and O–H groups in total. The molecule has 0 saturated heterocycles. The summed E-state index contributed by atoms with van der Waals surface area (Å²) in [4.78, 5) is 10.8. The highest BCUT2D eigenvalue weighted by Crippen LogP contribution is 2.15. The fourth-order valence-electron chi connectivity index (χ4n) is 0.577. The van der Waals surface area contributed by atoms with Gasteiger partial charge in [-0.1, -0.05) is 0 Å². The molecule has 0 unspecified atom stereocenters. The van der Waals surface area contributed by atoms with Crippen LogP contribution in [-0.4, -0.2) is 24.5 Å². The molecule has 0 rings (SSSR count). The second kappa shape index (κ2) is 5.04. The van der Waals surface area contributed by atoms with Gasteiger partial charge in [-0.05, 0) is 26.8 Å². The molecule has 0 aromatic heterocycles. The van der Waals surface area contributed by atoms with Crippen molar-refractivity contribution in [2.45, 2.75) is 32.5 Å². The maximum absolute atomic E-state index is 11.6. The van der Waals surface area contributed by atoms with E-state index in [1.54, 1.807) is 20.8 Å². The van der Waals surface area contributed by atoms with E-state index in [4.69, 9.17) is 4.74 Å². The van der Waals surface area contributed by atoms with Crippen LogP contribution >= 0.6 is 0 Å². The number of alkyl halides is 3. The molecule has 88 valence electrons. The van der Waals surface area contributed by atoms with Gasteiger partial charge in [0.05, 0.1) is 0 Å². The smallest absolute Gasteiger partial charge is 0.430 e. The van der Waals surface area contributed by atoms with Gasteiger partial charge in [0.15, 0.2) is 0 Å². The number of carbonyl (C=O) groups is 1. The van der Waals surface area contributed by atoms with E-state index in [0.717, 1.165) is 0 Å². The van der Waals surface area contributed by atoms with Gasteiger partial charge in [0.2, 0.25) is 0 Å². The topological polar surface area (TPSA) is 35.5 Å². The second-order valence-corrected chi connectivity index (χ2v) is 3.72. The van der Waals surface area contributed by atoms with E-state index in [1.807, 2.05) is 0 Å². The Morgan fingerprint density at radius 2 is 1.80 bits per heavy atom. The lowest BCUT2D eigenvalue weighted by atomic mass is 10.2. The van der Waals surface area contributed by atoms with Crippen LogP contribution in [0, 0.1) is 0 Å². The van der Waals surface area contributed by atoms with Gasteiger partial charge in [-0.25, -0.2) is 4.79 Å². The normalized spacial score (nSPS) is 12.9. The van der Waals surface area contributed by atoms with Gasteiger partial charge >= 0.3 is 12.3 Å². The van der Waals surface area contributed by atoms with Crippen LogP contribution in [0.15, 0.2) is 12.2 Å². The molecule has 0 bridgehead atoms. The lowest BCUT2D eigenvalue weighted by Gasteiger charge is -2.18. The molecule has 6 heteroatoms. The zero-order valence-electron chi connectivity index (χ0n) is 8.72. The van der Waals surface area contributed by atoms with Crippen molar-refractivity contribution < 1.29 is 27.4 Å². The Bertz CT molecular complexity index is 238. The van der Waals surface area contributed by atoms with Crippen molar-refractivity contribution in [3.05, 3.63) is 12.2 Å². The minimum Gasteiger partial charge on any atom is -0.430 e. The van der Waals surface area contributed by atoms with Crippen LogP contribution in [-0.2, 0) is 9.47 Å². The molecule has 15 heavy (non-hydrogen) atoms. The van der Waals surface area contributed by atoms with Crippen molar-refractivity contribution in [3.8, 4) is 0 Å². The van der Waals surface area contributed by atoms with Gasteiger partial charge in [-0.15, -0.1) is 0 Å². The molecule has 0 saturated carbocycles. The molecule has 0 heterocycles. The lowest BCUT2D eigenvalue weighted by Crippen LogP contribution is -2.24. The summed E-state index contributed by atoms with van der Waals surface area (Å²) in [6, 6.07) is 0. The maximum Gasteiger partial charge on any atom is 0.509 e. The number of rotatable bonds is 2. The molecule has 0 aromatic carbocycles. The summed E-state index contributed by atoms with van der Waals surface area (Å²) in [6.45, 7) is 4.41. The van der Waals surface area contributed by atoms with Crippen LogP contribution < -0.4 is 0 Å². The van der Waals surface area contributed by atoms with Gasteiger partial charge in [0.1, 0.15) is 12.2 Å². The zero-order chi connectivity index (χ0) is 12.1. The number of hydrogen-bond acceptors (Lipinski definition) is 3. The van der Waals surface area contributed by atoms with E-state index < -0.39 is 24.5 Å². The summed E-state index contributed by atoms with van der Waals surface area (Å²) < 4.78 is 43.8. The first-order chi connectivity index (χ1) is 6.60. The summed E-state index contributed by atoms with van der Waals surface area (Å²) >= 11 is 0. The zero-order valence-corrected chi connectivity index (χ0v) is 8.72. The third kappa shape index (κ3) is 10.7. The molecule has 0 spiro atoms. The lowest BCUT2D eigenvalue weighted by molar-refractivity contribution is -0.0805. The van der Waals surface area contributed by atoms with Gasteiger partial charge < -0.3 is 9.47 Å². The molecule has 0 aliphatic rings. The van der Waals surface area contributed by atoms with Crippen molar-refractivity contribution in [2.24, 2.45) is 0 Å². The molecule has 0 atom stereocenters. The highest BCUT2D eigenvalue weighted by atomic mass is 19.4. The van der Waals surface area contributed by atoms with Crippen LogP contribution in [0.5, 0.6) is 0 Å². The van der Waals surface area contributed by atoms with E-state index in [0.29, 0.717) is 6.08 Å². The van der Waals surface area contributed by atoms with E-state index in [9.17, 15) is 18.0 Å². The van der Waals surface area contributed by atoms with Crippen molar-refractivity contribution in [1.29, 1.82) is 0 Å². The van der Waals surface area contributed by atoms with Crippen molar-refractivity contribution in [3.63, 3.8) is 0 Å². The Hall–Kier alpha value is -1.20. The molecule has 0 amide bonds. The summed E-state index contributed by atoms with van der Waals surface area (Å²) in [5, 5.41) is 0. The highest BCUT2D eigenvalue weighted by molar-refractivity contribution is 5.60. The molecular weight excluding hydrogens is 213 g/mol. The van der Waals surface area contributed by atoms with E-state index in [1.165, 1.54) is 0 Å². The average molecular weight is 226 g/mol. The minimum atomic E-state index is -4.39. The van der Waals surface area contributed by atoms with Crippen LogP contribution in [0.2, 0.25) is 0 Å². The SMILES string of the molecule is CC(C)(C)OC(=O)OC/C=C/C(F)(F)F. The Morgan fingerprint density at radius 3 is 2.20 bits per heavy atom. The fourth-order valence-corrected chi connectivity index (χ4v) is 0.577. The standard InChI is InChI=1S/C9H13F3O3/c1-8(2,3)15-7(13)14-6-4-5-9(10,11)12/h4-5H,6H2,1-3H3/b5-4+. The predicted octanol–water partition coefficient (Wildman–Crippen LogP) is 3.06. The maximum atomic E-state index is 11.6. The van der Waals surface area contributed by atoms with Crippen molar-refractivity contribution in [2.75, 3.05) is 6.61 Å². The largest absolute Gasteiger partial charge is 0.509 e. The number of halogens is 3. The minimum absolute atomic E-state index is 0.00261. The van der Waals surface area contributed by atoms with Crippen LogP contribution in [0.1, 0.15) is 20.8 Å². The Labute approximate surface area is 85.9 Å². The molecule has 0 radical (unpaired) electrons. The monoisotopic (exact) mass is 226 g/mol. The van der Waals surface area contributed by atoms with Gasteiger partial charge in [0, 0.05) is 6.08 Å². The first-order valence-corrected chi connectivity index (χ1v) is 4.20. The van der Waals surface area contributed by atoms with Crippen molar-refractivity contribution >= 4 is 6.16 Å². The summed E-state index contributed by atoms with van der Waals surface area (Å²) in [6.07, 6.45) is -4.69. The van der Waals surface area contributed by atoms with Crippen LogP contribution in [0.4, 0.5) is 18.0 Å². The third-order valence-electron chi connectivity index (χ3n) is 0.994. The van der Waals surface area contributed by atoms with Crippen LogP contribution in [0.25, 0.3) is 0 Å². The molecule has 3 nitrogen and oxygen atoms in total. The third-order valence-corrected chi connectivity index (χ3v) is 0.994. The molecule has 0 aliphatic heterocycles. The molecular formula is C9H13F3O3. The quantitative estimate of drug-likeness (QED) is 0.536. The van der Waals surface area contributed by atoms with Gasteiger partial charge in [-0.3, -0.25) is 0 Å².